The van der Waals surface area contributed by atoms with Gasteiger partial charge in [0.1, 0.15) is 0 Å². The number of nitrogens with zero attached hydrogens (tertiary/aromatic N) is 1. The highest BCUT2D eigenvalue weighted by Gasteiger charge is 2.42. The van der Waals surface area contributed by atoms with Crippen LogP contribution in [-0.2, 0) is 4.79 Å². The lowest BCUT2D eigenvalue weighted by Crippen LogP contribution is -2.57. The molecule has 4 aliphatic rings. The minimum atomic E-state index is 0.112. The molecule has 4 heteroatoms. The lowest BCUT2D eigenvalue weighted by Gasteiger charge is -2.45. The number of carbonyl (C=O) groups excluding carboxylic acids is 1. The summed E-state index contributed by atoms with van der Waals surface area (Å²) in [6.45, 7) is 3.50. The van der Waals surface area contributed by atoms with E-state index in [-0.39, 0.29) is 17.9 Å². The van der Waals surface area contributed by atoms with Gasteiger partial charge in [0.05, 0.1) is 5.92 Å². The van der Waals surface area contributed by atoms with Crippen LogP contribution in [0.5, 0.6) is 0 Å². The molecule has 2 bridgehead atoms. The van der Waals surface area contributed by atoms with Crippen molar-refractivity contribution in [1.82, 2.24) is 10.2 Å². The Morgan fingerprint density at radius 3 is 2.47 bits per heavy atom. The van der Waals surface area contributed by atoms with Gasteiger partial charge in [-0.1, -0.05) is 0 Å². The van der Waals surface area contributed by atoms with Crippen LogP contribution in [0.3, 0.4) is 0 Å². The number of fused-ring (bicyclic) bond motifs is 3. The van der Waals surface area contributed by atoms with Crippen LogP contribution in [0.25, 0.3) is 0 Å². The van der Waals surface area contributed by atoms with Crippen molar-refractivity contribution < 1.29 is 4.79 Å². The summed E-state index contributed by atoms with van der Waals surface area (Å²) >= 11 is 0. The van der Waals surface area contributed by atoms with Crippen LogP contribution in [0.15, 0.2) is 0 Å². The highest BCUT2D eigenvalue weighted by atomic mass is 16.2. The van der Waals surface area contributed by atoms with E-state index >= 15 is 0 Å². The molecule has 0 spiro atoms. The fourth-order valence-electron chi connectivity index (χ4n) is 2.93. The number of amides is 1. The van der Waals surface area contributed by atoms with E-state index < -0.39 is 0 Å². The number of hydrogen-bond acceptors (Lipinski definition) is 3. The predicted octanol–water partition coefficient (Wildman–Crippen LogP) is -0.456. The third kappa shape index (κ3) is 1.76. The van der Waals surface area contributed by atoms with Gasteiger partial charge in [0, 0.05) is 18.6 Å². The Balaban J connectivity index is 1.57. The van der Waals surface area contributed by atoms with Gasteiger partial charge >= 0.3 is 0 Å². The maximum Gasteiger partial charge on any atom is 0.225 e. The Morgan fingerprint density at radius 1 is 1.33 bits per heavy atom. The van der Waals surface area contributed by atoms with E-state index in [1.165, 1.54) is 25.9 Å². The molecule has 1 amide bonds. The molecule has 1 aliphatic carbocycles. The molecule has 84 valence electrons. The molecule has 1 saturated carbocycles. The van der Waals surface area contributed by atoms with Crippen LogP contribution in [-0.4, -0.2) is 42.5 Å². The monoisotopic (exact) mass is 209 g/mol. The number of nitrogens with one attached hydrogen (secondary N) is 1. The first-order chi connectivity index (χ1) is 7.24. The van der Waals surface area contributed by atoms with E-state index in [4.69, 9.17) is 5.73 Å². The molecule has 3 heterocycles. The average molecular weight is 209 g/mol. The third-order valence-electron chi connectivity index (χ3n) is 4.16. The van der Waals surface area contributed by atoms with Gasteiger partial charge in [-0.15, -0.1) is 0 Å². The minimum Gasteiger partial charge on any atom is -0.352 e. The Bertz CT molecular complexity index is 273. The van der Waals surface area contributed by atoms with E-state index in [1.54, 1.807) is 0 Å². The molecule has 3 unspecified atom stereocenters. The Morgan fingerprint density at radius 2 is 2.00 bits per heavy atom. The second-order valence-electron chi connectivity index (χ2n) is 5.26. The van der Waals surface area contributed by atoms with Gasteiger partial charge in [0.15, 0.2) is 0 Å². The maximum absolute atomic E-state index is 11.8. The van der Waals surface area contributed by atoms with Crippen LogP contribution < -0.4 is 11.1 Å². The fourth-order valence-corrected chi connectivity index (χ4v) is 2.93. The standard InChI is InChI=1S/C11H19N3O/c12-9-5-8(9)11(15)13-10-6-14-3-1-7(10)2-4-14/h7-10H,1-6,12H2,(H,13,15). The zero-order valence-electron chi connectivity index (χ0n) is 8.98. The summed E-state index contributed by atoms with van der Waals surface area (Å²) in [5.74, 6) is 1.02. The first-order valence-electron chi connectivity index (χ1n) is 6.02. The summed E-state index contributed by atoms with van der Waals surface area (Å²) in [5.41, 5.74) is 5.68. The first-order valence-corrected chi connectivity index (χ1v) is 6.02. The van der Waals surface area contributed by atoms with Crippen LogP contribution in [0, 0.1) is 11.8 Å². The van der Waals surface area contributed by atoms with Gasteiger partial charge in [0.25, 0.3) is 0 Å². The molecular formula is C11H19N3O. The molecule has 3 aliphatic heterocycles. The Kier molecular flexibility index (Phi) is 2.21. The molecule has 3 N–H and O–H groups in total. The van der Waals surface area contributed by atoms with Crippen molar-refractivity contribution in [2.45, 2.75) is 31.3 Å². The fraction of sp³-hybridized carbons (Fsp3) is 0.909. The van der Waals surface area contributed by atoms with E-state index in [1.807, 2.05) is 0 Å². The molecule has 4 fully saturated rings. The second-order valence-corrected chi connectivity index (χ2v) is 5.26. The SMILES string of the molecule is NC1CC1C(=O)NC1CN2CCC1CC2. The van der Waals surface area contributed by atoms with Gasteiger partial charge in [-0.3, -0.25) is 4.79 Å². The molecule has 4 nitrogen and oxygen atoms in total. The molecular weight excluding hydrogens is 190 g/mol. The molecule has 15 heavy (non-hydrogen) atoms. The first kappa shape index (κ1) is 9.60. The van der Waals surface area contributed by atoms with Gasteiger partial charge < -0.3 is 16.0 Å². The molecule has 0 aromatic carbocycles. The lowest BCUT2D eigenvalue weighted by molar-refractivity contribution is -0.124. The molecule has 3 atom stereocenters. The van der Waals surface area contributed by atoms with Crippen LogP contribution in [0.2, 0.25) is 0 Å². The van der Waals surface area contributed by atoms with E-state index in [0.717, 1.165) is 13.0 Å². The molecule has 3 saturated heterocycles. The lowest BCUT2D eigenvalue weighted by atomic mass is 9.84. The van der Waals surface area contributed by atoms with Crippen LogP contribution >= 0.6 is 0 Å². The predicted molar refractivity (Wildman–Crippen MR) is 57.2 cm³/mol. The number of carbonyl (C=O) groups is 1. The smallest absolute Gasteiger partial charge is 0.225 e. The van der Waals surface area contributed by atoms with E-state index in [9.17, 15) is 4.79 Å². The zero-order valence-corrected chi connectivity index (χ0v) is 8.98. The number of piperidine rings is 3. The maximum atomic E-state index is 11.8. The molecule has 0 aromatic rings. The summed E-state index contributed by atoms with van der Waals surface area (Å²) in [5, 5.41) is 3.18. The van der Waals surface area contributed by atoms with Crippen molar-refractivity contribution in [2.24, 2.45) is 17.6 Å². The topological polar surface area (TPSA) is 58.4 Å². The van der Waals surface area contributed by atoms with Gasteiger partial charge in [-0.2, -0.15) is 0 Å². The molecule has 0 radical (unpaired) electrons. The number of hydrogen-bond donors (Lipinski definition) is 2. The quantitative estimate of drug-likeness (QED) is 0.647. The number of nitrogens with two attached hydrogens (primary N) is 1. The summed E-state index contributed by atoms with van der Waals surface area (Å²) < 4.78 is 0. The van der Waals surface area contributed by atoms with Crippen molar-refractivity contribution in [3.05, 3.63) is 0 Å². The second kappa shape index (κ2) is 3.46. The van der Waals surface area contributed by atoms with Crippen molar-refractivity contribution in [2.75, 3.05) is 19.6 Å². The minimum absolute atomic E-state index is 0.112. The summed E-state index contributed by atoms with van der Waals surface area (Å²) in [7, 11) is 0. The molecule has 0 aromatic heterocycles. The Labute approximate surface area is 90.2 Å². The van der Waals surface area contributed by atoms with Crippen LogP contribution in [0.1, 0.15) is 19.3 Å². The van der Waals surface area contributed by atoms with Crippen molar-refractivity contribution in [3.8, 4) is 0 Å². The summed E-state index contributed by atoms with van der Waals surface area (Å²) in [6.07, 6.45) is 3.39. The van der Waals surface area contributed by atoms with Crippen molar-refractivity contribution >= 4 is 5.91 Å². The summed E-state index contributed by atoms with van der Waals surface area (Å²) in [6, 6.07) is 0.527. The van der Waals surface area contributed by atoms with Gasteiger partial charge in [0.2, 0.25) is 5.91 Å². The van der Waals surface area contributed by atoms with Crippen molar-refractivity contribution in [1.29, 1.82) is 0 Å². The van der Waals surface area contributed by atoms with E-state index in [0.29, 0.717) is 12.0 Å². The largest absolute Gasteiger partial charge is 0.352 e. The van der Waals surface area contributed by atoms with Crippen LogP contribution in [0.4, 0.5) is 0 Å². The van der Waals surface area contributed by atoms with Gasteiger partial charge in [-0.05, 0) is 38.3 Å². The highest BCUT2D eigenvalue weighted by Crippen LogP contribution is 2.31. The van der Waals surface area contributed by atoms with Crippen molar-refractivity contribution in [3.63, 3.8) is 0 Å². The summed E-state index contributed by atoms with van der Waals surface area (Å²) in [4.78, 5) is 14.2. The molecule has 4 rings (SSSR count). The zero-order chi connectivity index (χ0) is 10.4. The third-order valence-corrected chi connectivity index (χ3v) is 4.16. The van der Waals surface area contributed by atoms with Gasteiger partial charge in [-0.25, -0.2) is 0 Å². The normalized spacial score (nSPS) is 47.7. The van der Waals surface area contributed by atoms with E-state index in [2.05, 4.69) is 10.2 Å². The Hall–Kier alpha value is -0.610. The number of rotatable bonds is 2. The average Bonchev–Trinajstić information content (AvgIpc) is 2.97. The highest BCUT2D eigenvalue weighted by molar-refractivity contribution is 5.82.